The van der Waals surface area contributed by atoms with Crippen LogP contribution < -0.4 is 10.6 Å². The second kappa shape index (κ2) is 5.94. The van der Waals surface area contributed by atoms with Crippen molar-refractivity contribution >= 4 is 23.0 Å². The average molecular weight is 327 g/mol. The van der Waals surface area contributed by atoms with E-state index in [-0.39, 0.29) is 0 Å². The third-order valence-electron chi connectivity index (χ3n) is 6.16. The molecule has 0 heterocycles. The summed E-state index contributed by atoms with van der Waals surface area (Å²) >= 11 is 5.55. The minimum absolute atomic E-state index is 0.555. The van der Waals surface area contributed by atoms with Crippen LogP contribution in [0.2, 0.25) is 0 Å². The molecule has 2 bridgehead atoms. The van der Waals surface area contributed by atoms with E-state index in [1.807, 2.05) is 0 Å². The number of hydrogen-bond acceptors (Lipinski definition) is 1. The standard InChI is InChI=1S/C20H26N2S/c1-12(2)13-6-8-15(9-7-13)21-20(23)22-19-11-14-10-18(19)17-5-3-4-16(14)17/h3,5-9,12,14,16-19H,4,10-11H2,1-2H3,(H2,21,22,23)/t14-,16-,17+,18+,19-/m1/s1. The molecule has 2 saturated carbocycles. The van der Waals surface area contributed by atoms with Crippen LogP contribution in [-0.4, -0.2) is 11.2 Å². The molecule has 2 N–H and O–H groups in total. The van der Waals surface area contributed by atoms with Crippen LogP contribution in [0, 0.1) is 23.7 Å². The summed E-state index contributed by atoms with van der Waals surface area (Å²) in [4.78, 5) is 0. The van der Waals surface area contributed by atoms with Gasteiger partial charge in [0.25, 0.3) is 0 Å². The Morgan fingerprint density at radius 3 is 2.65 bits per heavy atom. The first-order valence-electron chi connectivity index (χ1n) is 8.96. The van der Waals surface area contributed by atoms with Crippen molar-refractivity contribution in [1.82, 2.24) is 5.32 Å². The van der Waals surface area contributed by atoms with Crippen molar-refractivity contribution in [2.75, 3.05) is 5.32 Å². The Balaban J connectivity index is 1.35. The van der Waals surface area contributed by atoms with Gasteiger partial charge in [0.2, 0.25) is 0 Å². The Hall–Kier alpha value is -1.35. The summed E-state index contributed by atoms with van der Waals surface area (Å²) in [7, 11) is 0. The van der Waals surface area contributed by atoms with Gasteiger partial charge in [-0.2, -0.15) is 0 Å². The summed E-state index contributed by atoms with van der Waals surface area (Å²) in [6.07, 6.45) is 8.85. The zero-order chi connectivity index (χ0) is 16.0. The Kier molecular flexibility index (Phi) is 3.92. The lowest BCUT2D eigenvalue weighted by molar-refractivity contribution is 0.246. The van der Waals surface area contributed by atoms with E-state index < -0.39 is 0 Å². The van der Waals surface area contributed by atoms with Crippen molar-refractivity contribution in [1.29, 1.82) is 0 Å². The highest BCUT2D eigenvalue weighted by Crippen LogP contribution is 2.56. The van der Waals surface area contributed by atoms with Gasteiger partial charge in [0.15, 0.2) is 5.11 Å². The molecule has 1 aromatic carbocycles. The average Bonchev–Trinajstić information content (AvgIpc) is 3.19. The highest BCUT2D eigenvalue weighted by molar-refractivity contribution is 7.80. The fourth-order valence-corrected chi connectivity index (χ4v) is 5.27. The number of allylic oxidation sites excluding steroid dienone is 2. The molecule has 0 saturated heterocycles. The quantitative estimate of drug-likeness (QED) is 0.622. The van der Waals surface area contributed by atoms with E-state index in [1.54, 1.807) is 0 Å². The van der Waals surface area contributed by atoms with E-state index in [1.165, 1.54) is 24.8 Å². The molecule has 0 amide bonds. The van der Waals surface area contributed by atoms with Gasteiger partial charge in [0.1, 0.15) is 0 Å². The van der Waals surface area contributed by atoms with Gasteiger partial charge in [-0.1, -0.05) is 38.1 Å². The summed E-state index contributed by atoms with van der Waals surface area (Å²) in [6.45, 7) is 4.43. The highest BCUT2D eigenvalue weighted by Gasteiger charge is 2.52. The molecular weight excluding hydrogens is 300 g/mol. The van der Waals surface area contributed by atoms with Crippen LogP contribution in [-0.2, 0) is 0 Å². The molecule has 23 heavy (non-hydrogen) atoms. The van der Waals surface area contributed by atoms with Gasteiger partial charge >= 0.3 is 0 Å². The number of rotatable bonds is 3. The van der Waals surface area contributed by atoms with Gasteiger partial charge in [0, 0.05) is 11.7 Å². The van der Waals surface area contributed by atoms with Gasteiger partial charge in [-0.15, -0.1) is 0 Å². The summed E-state index contributed by atoms with van der Waals surface area (Å²) < 4.78 is 0. The molecule has 0 aliphatic heterocycles. The molecule has 2 nitrogen and oxygen atoms in total. The smallest absolute Gasteiger partial charge is 0.171 e. The molecular formula is C20H26N2S. The van der Waals surface area contributed by atoms with E-state index >= 15 is 0 Å². The van der Waals surface area contributed by atoms with Crippen molar-refractivity contribution in [2.24, 2.45) is 23.7 Å². The van der Waals surface area contributed by atoms with Crippen LogP contribution >= 0.6 is 12.2 Å². The van der Waals surface area contributed by atoms with Crippen LogP contribution in [0.1, 0.15) is 44.6 Å². The first-order chi connectivity index (χ1) is 11.1. The monoisotopic (exact) mass is 326 g/mol. The molecule has 1 aromatic rings. The molecule has 3 aliphatic rings. The number of nitrogens with one attached hydrogen (secondary N) is 2. The largest absolute Gasteiger partial charge is 0.359 e. The summed E-state index contributed by atoms with van der Waals surface area (Å²) in [5, 5.41) is 7.73. The molecule has 2 fully saturated rings. The lowest BCUT2D eigenvalue weighted by Gasteiger charge is -2.32. The van der Waals surface area contributed by atoms with Crippen molar-refractivity contribution in [3.8, 4) is 0 Å². The second-order valence-electron chi connectivity index (χ2n) is 7.78. The molecule has 3 aliphatic carbocycles. The Bertz CT molecular complexity index is 619. The van der Waals surface area contributed by atoms with E-state index in [2.05, 4.69) is 60.9 Å². The van der Waals surface area contributed by atoms with Crippen molar-refractivity contribution in [3.63, 3.8) is 0 Å². The first kappa shape index (κ1) is 15.2. The third kappa shape index (κ3) is 2.80. The van der Waals surface area contributed by atoms with E-state index in [0.717, 1.165) is 34.5 Å². The zero-order valence-corrected chi connectivity index (χ0v) is 14.8. The molecule has 3 heteroatoms. The van der Waals surface area contributed by atoms with Crippen molar-refractivity contribution < 1.29 is 0 Å². The second-order valence-corrected chi connectivity index (χ2v) is 8.19. The number of fused-ring (bicyclic) bond motifs is 5. The number of hydrogen-bond donors (Lipinski definition) is 2. The molecule has 4 rings (SSSR count). The fourth-order valence-electron chi connectivity index (χ4n) is 5.00. The van der Waals surface area contributed by atoms with Crippen molar-refractivity contribution in [3.05, 3.63) is 42.0 Å². The van der Waals surface area contributed by atoms with Crippen LogP contribution in [0.5, 0.6) is 0 Å². The number of anilines is 1. The van der Waals surface area contributed by atoms with Gasteiger partial charge in [-0.25, -0.2) is 0 Å². The minimum atomic E-state index is 0.555. The first-order valence-corrected chi connectivity index (χ1v) is 9.37. The van der Waals surface area contributed by atoms with Crippen LogP contribution in [0.3, 0.4) is 0 Å². The molecule has 0 radical (unpaired) electrons. The topological polar surface area (TPSA) is 24.1 Å². The Labute approximate surface area is 144 Å². The fraction of sp³-hybridized carbons (Fsp3) is 0.550. The van der Waals surface area contributed by atoms with Gasteiger partial charge in [0.05, 0.1) is 0 Å². The SMILES string of the molecule is CC(C)c1ccc(NC(=S)N[C@@H]2C[C@H]3C[C@H]2[C@H]2C=CC[C@H]32)cc1. The van der Waals surface area contributed by atoms with Crippen LogP contribution in [0.4, 0.5) is 5.69 Å². The van der Waals surface area contributed by atoms with Gasteiger partial charge < -0.3 is 10.6 Å². The van der Waals surface area contributed by atoms with Gasteiger partial charge in [-0.3, -0.25) is 0 Å². The molecule has 122 valence electrons. The maximum Gasteiger partial charge on any atom is 0.171 e. The van der Waals surface area contributed by atoms with E-state index in [9.17, 15) is 0 Å². The Morgan fingerprint density at radius 1 is 1.13 bits per heavy atom. The predicted octanol–water partition coefficient (Wildman–Crippen LogP) is 4.70. The third-order valence-corrected chi connectivity index (χ3v) is 6.38. The maximum atomic E-state index is 5.55. The molecule has 0 aromatic heterocycles. The Morgan fingerprint density at radius 2 is 1.91 bits per heavy atom. The van der Waals surface area contributed by atoms with Crippen molar-refractivity contribution in [2.45, 2.75) is 45.1 Å². The lowest BCUT2D eigenvalue weighted by Crippen LogP contribution is -2.44. The molecule has 5 atom stereocenters. The predicted molar refractivity (Wildman–Crippen MR) is 101 cm³/mol. The summed E-state index contributed by atoms with van der Waals surface area (Å²) in [5.74, 6) is 4.00. The zero-order valence-electron chi connectivity index (χ0n) is 14.0. The van der Waals surface area contributed by atoms with E-state index in [0.29, 0.717) is 12.0 Å². The van der Waals surface area contributed by atoms with Crippen LogP contribution in [0.15, 0.2) is 36.4 Å². The summed E-state index contributed by atoms with van der Waals surface area (Å²) in [6, 6.07) is 9.17. The molecule has 0 unspecified atom stereocenters. The number of benzene rings is 1. The van der Waals surface area contributed by atoms with E-state index in [4.69, 9.17) is 12.2 Å². The van der Waals surface area contributed by atoms with Gasteiger partial charge in [-0.05, 0) is 78.8 Å². The number of thiocarbonyl (C=S) groups is 1. The maximum absolute atomic E-state index is 5.55. The lowest BCUT2D eigenvalue weighted by atomic mass is 9.79. The minimum Gasteiger partial charge on any atom is -0.359 e. The normalized spacial score (nSPS) is 34.0. The highest BCUT2D eigenvalue weighted by atomic mass is 32.1. The summed E-state index contributed by atoms with van der Waals surface area (Å²) in [5.41, 5.74) is 2.44. The van der Waals surface area contributed by atoms with Crippen LogP contribution in [0.25, 0.3) is 0 Å². The molecule has 0 spiro atoms.